The third kappa shape index (κ3) is 2.79. The lowest BCUT2D eigenvalue weighted by Crippen LogP contribution is -2.37. The number of benzene rings is 1. The third-order valence-corrected chi connectivity index (χ3v) is 2.64. The SMILES string of the molecule is CC(Oc1ccc(C#N)cc1)C(=O)N1CCCO1. The van der Waals surface area contributed by atoms with Crippen molar-refractivity contribution in [3.05, 3.63) is 29.8 Å². The van der Waals surface area contributed by atoms with Crippen LogP contribution >= 0.6 is 0 Å². The zero-order valence-corrected chi connectivity index (χ0v) is 10.1. The molecule has 1 aliphatic heterocycles. The molecule has 0 bridgehead atoms. The lowest BCUT2D eigenvalue weighted by Gasteiger charge is -2.19. The summed E-state index contributed by atoms with van der Waals surface area (Å²) < 4.78 is 5.51. The van der Waals surface area contributed by atoms with Crippen molar-refractivity contribution in [2.24, 2.45) is 0 Å². The van der Waals surface area contributed by atoms with Crippen LogP contribution in [0, 0.1) is 11.3 Å². The molecule has 1 unspecified atom stereocenters. The zero-order chi connectivity index (χ0) is 13.0. The lowest BCUT2D eigenvalue weighted by molar-refractivity contribution is -0.175. The summed E-state index contributed by atoms with van der Waals surface area (Å²) in [5.74, 6) is 0.380. The van der Waals surface area contributed by atoms with Gasteiger partial charge in [0, 0.05) is 0 Å². The van der Waals surface area contributed by atoms with Crippen LogP contribution in [0.5, 0.6) is 5.75 Å². The summed E-state index contributed by atoms with van der Waals surface area (Å²) in [5, 5.41) is 10.0. The molecule has 5 heteroatoms. The van der Waals surface area contributed by atoms with Gasteiger partial charge in [-0.1, -0.05) is 0 Å². The highest BCUT2D eigenvalue weighted by atomic mass is 16.7. The Labute approximate surface area is 105 Å². The Morgan fingerprint density at radius 3 is 2.78 bits per heavy atom. The summed E-state index contributed by atoms with van der Waals surface area (Å²) >= 11 is 0. The average Bonchev–Trinajstić information content (AvgIpc) is 2.92. The van der Waals surface area contributed by atoms with Crippen LogP contribution in [-0.2, 0) is 9.63 Å². The monoisotopic (exact) mass is 246 g/mol. The molecule has 1 fully saturated rings. The lowest BCUT2D eigenvalue weighted by atomic mass is 10.2. The largest absolute Gasteiger partial charge is 0.481 e. The van der Waals surface area contributed by atoms with Gasteiger partial charge < -0.3 is 4.74 Å². The second kappa shape index (κ2) is 5.52. The fourth-order valence-electron chi connectivity index (χ4n) is 1.69. The minimum atomic E-state index is -0.601. The molecule has 94 valence electrons. The molecule has 1 aliphatic rings. The maximum atomic E-state index is 11.9. The molecule has 18 heavy (non-hydrogen) atoms. The number of hydroxylamine groups is 2. The Hall–Kier alpha value is -2.06. The number of ether oxygens (including phenoxy) is 1. The third-order valence-electron chi connectivity index (χ3n) is 2.64. The highest BCUT2D eigenvalue weighted by Gasteiger charge is 2.25. The van der Waals surface area contributed by atoms with Gasteiger partial charge in [-0.2, -0.15) is 5.26 Å². The number of rotatable bonds is 3. The Morgan fingerprint density at radius 2 is 2.22 bits per heavy atom. The van der Waals surface area contributed by atoms with E-state index in [0.29, 0.717) is 24.5 Å². The van der Waals surface area contributed by atoms with E-state index in [1.165, 1.54) is 5.06 Å². The van der Waals surface area contributed by atoms with E-state index in [-0.39, 0.29) is 5.91 Å². The Kier molecular flexibility index (Phi) is 3.80. The van der Waals surface area contributed by atoms with Crippen LogP contribution in [-0.4, -0.2) is 30.2 Å². The first-order chi connectivity index (χ1) is 8.70. The van der Waals surface area contributed by atoms with Crippen molar-refractivity contribution in [2.45, 2.75) is 19.4 Å². The second-order valence-electron chi connectivity index (χ2n) is 4.02. The summed E-state index contributed by atoms with van der Waals surface area (Å²) in [6.07, 6.45) is 0.256. The van der Waals surface area contributed by atoms with Crippen LogP contribution in [0.2, 0.25) is 0 Å². The van der Waals surface area contributed by atoms with Gasteiger partial charge in [-0.25, -0.2) is 5.06 Å². The van der Waals surface area contributed by atoms with Gasteiger partial charge in [-0.3, -0.25) is 9.63 Å². The molecule has 1 aromatic carbocycles. The predicted octanol–water partition coefficient (Wildman–Crippen LogP) is 1.49. The van der Waals surface area contributed by atoms with Crippen LogP contribution in [0.1, 0.15) is 18.9 Å². The maximum Gasteiger partial charge on any atom is 0.286 e. The number of carbonyl (C=O) groups is 1. The summed E-state index contributed by atoms with van der Waals surface area (Å²) in [4.78, 5) is 17.1. The quantitative estimate of drug-likeness (QED) is 0.810. The summed E-state index contributed by atoms with van der Waals surface area (Å²) in [6.45, 7) is 2.87. The molecule has 0 spiro atoms. The van der Waals surface area contributed by atoms with Crippen LogP contribution in [0.3, 0.4) is 0 Å². The van der Waals surface area contributed by atoms with Gasteiger partial charge in [0.15, 0.2) is 6.10 Å². The van der Waals surface area contributed by atoms with E-state index in [9.17, 15) is 4.79 Å². The molecule has 0 aromatic heterocycles. The van der Waals surface area contributed by atoms with E-state index < -0.39 is 6.10 Å². The first-order valence-corrected chi connectivity index (χ1v) is 5.82. The normalized spacial score (nSPS) is 16.1. The van der Waals surface area contributed by atoms with Crippen LogP contribution in [0.4, 0.5) is 0 Å². The van der Waals surface area contributed by atoms with Gasteiger partial charge in [0.05, 0.1) is 24.8 Å². The van der Waals surface area contributed by atoms with Gasteiger partial charge in [0.25, 0.3) is 5.91 Å². The molecule has 1 aromatic rings. The summed E-state index contributed by atoms with van der Waals surface area (Å²) in [5.41, 5.74) is 0.559. The van der Waals surface area contributed by atoms with Crippen molar-refractivity contribution in [3.8, 4) is 11.8 Å². The van der Waals surface area contributed by atoms with Crippen molar-refractivity contribution < 1.29 is 14.4 Å². The fourth-order valence-corrected chi connectivity index (χ4v) is 1.69. The molecule has 1 heterocycles. The molecular formula is C13H14N2O3. The standard InChI is InChI=1S/C13H14N2O3/c1-10(13(16)15-7-2-8-17-15)18-12-5-3-11(9-14)4-6-12/h3-6,10H,2,7-8H2,1H3. The van der Waals surface area contributed by atoms with Gasteiger partial charge in [-0.05, 0) is 37.6 Å². The molecule has 5 nitrogen and oxygen atoms in total. The van der Waals surface area contributed by atoms with E-state index in [4.69, 9.17) is 14.8 Å². The van der Waals surface area contributed by atoms with Gasteiger partial charge in [0.1, 0.15) is 5.75 Å². The highest BCUT2D eigenvalue weighted by Crippen LogP contribution is 2.15. The fraction of sp³-hybridized carbons (Fsp3) is 0.385. The minimum Gasteiger partial charge on any atom is -0.481 e. The zero-order valence-electron chi connectivity index (χ0n) is 10.1. The van der Waals surface area contributed by atoms with E-state index in [1.807, 2.05) is 6.07 Å². The predicted molar refractivity (Wildman–Crippen MR) is 63.5 cm³/mol. The highest BCUT2D eigenvalue weighted by molar-refractivity contribution is 5.80. The second-order valence-corrected chi connectivity index (χ2v) is 4.02. The van der Waals surface area contributed by atoms with Crippen LogP contribution < -0.4 is 4.74 Å². The molecule has 0 saturated carbocycles. The number of amides is 1. The number of nitrogens with zero attached hydrogens (tertiary/aromatic N) is 2. The topological polar surface area (TPSA) is 62.6 Å². The van der Waals surface area contributed by atoms with Crippen molar-refractivity contribution in [3.63, 3.8) is 0 Å². The molecule has 2 rings (SSSR count). The molecule has 0 N–H and O–H groups in total. The molecule has 0 radical (unpaired) electrons. The number of nitriles is 1. The summed E-state index contributed by atoms with van der Waals surface area (Å²) in [6, 6.07) is 8.68. The average molecular weight is 246 g/mol. The molecule has 1 amide bonds. The number of hydrogen-bond donors (Lipinski definition) is 0. The van der Waals surface area contributed by atoms with Gasteiger partial charge in [0.2, 0.25) is 0 Å². The van der Waals surface area contributed by atoms with Crippen molar-refractivity contribution in [2.75, 3.05) is 13.2 Å². The number of hydrogen-bond acceptors (Lipinski definition) is 4. The summed E-state index contributed by atoms with van der Waals surface area (Å²) in [7, 11) is 0. The van der Waals surface area contributed by atoms with Crippen molar-refractivity contribution >= 4 is 5.91 Å². The molecule has 1 atom stereocenters. The first-order valence-electron chi connectivity index (χ1n) is 5.82. The van der Waals surface area contributed by atoms with Crippen LogP contribution in [0.15, 0.2) is 24.3 Å². The minimum absolute atomic E-state index is 0.183. The molecular weight excluding hydrogens is 232 g/mol. The van der Waals surface area contributed by atoms with E-state index in [0.717, 1.165) is 6.42 Å². The van der Waals surface area contributed by atoms with Crippen molar-refractivity contribution in [1.29, 1.82) is 5.26 Å². The molecule has 0 aliphatic carbocycles. The first kappa shape index (κ1) is 12.4. The van der Waals surface area contributed by atoms with Crippen LogP contribution in [0.25, 0.3) is 0 Å². The Balaban J connectivity index is 1.95. The smallest absolute Gasteiger partial charge is 0.286 e. The van der Waals surface area contributed by atoms with Crippen molar-refractivity contribution in [1.82, 2.24) is 5.06 Å². The Bertz CT molecular complexity index is 458. The van der Waals surface area contributed by atoms with Gasteiger partial charge in [-0.15, -0.1) is 0 Å². The van der Waals surface area contributed by atoms with Gasteiger partial charge >= 0.3 is 0 Å². The maximum absolute atomic E-state index is 11.9. The molecule has 1 saturated heterocycles. The van der Waals surface area contributed by atoms with E-state index in [1.54, 1.807) is 31.2 Å². The Morgan fingerprint density at radius 1 is 1.50 bits per heavy atom. The van der Waals surface area contributed by atoms with E-state index >= 15 is 0 Å². The number of carbonyl (C=O) groups excluding carboxylic acids is 1. The van der Waals surface area contributed by atoms with E-state index in [2.05, 4.69) is 0 Å².